The molecule has 0 bridgehead atoms. The molecule has 1 aliphatic rings. The molecule has 0 aromatic heterocycles. The molecule has 0 aromatic rings. The Morgan fingerprint density at radius 3 is 2.36 bits per heavy atom. The molecule has 1 rings (SSSR count). The lowest BCUT2D eigenvalue weighted by atomic mass is 10.1. The number of hydrogen-bond acceptors (Lipinski definition) is 5. The minimum atomic E-state index is -1.42. The van der Waals surface area contributed by atoms with E-state index in [0.717, 1.165) is 0 Å². The van der Waals surface area contributed by atoms with Crippen LogP contribution >= 0.6 is 0 Å². The molecule has 0 aromatic carbocycles. The van der Waals surface area contributed by atoms with Gasteiger partial charge in [0.2, 0.25) is 0 Å². The van der Waals surface area contributed by atoms with Gasteiger partial charge in [-0.2, -0.15) is 0 Å². The Bertz CT molecular complexity index is 143. The Labute approximate surface area is 64.3 Å². The third kappa shape index (κ3) is 1.69. The molecule has 1 aliphatic heterocycles. The molecule has 0 spiro atoms. The molecule has 66 valence electrons. The van der Waals surface area contributed by atoms with E-state index in [0.29, 0.717) is 0 Å². The van der Waals surface area contributed by atoms with Crippen LogP contribution < -0.4 is 5.32 Å². The largest absolute Gasteiger partial charge is 0.395 e. The van der Waals surface area contributed by atoms with E-state index < -0.39 is 24.5 Å². The van der Waals surface area contributed by atoms with Crippen LogP contribution in [0.4, 0.5) is 0 Å². The van der Waals surface area contributed by atoms with Crippen LogP contribution in [0.5, 0.6) is 0 Å². The number of hydrogen-bond donors (Lipinski definition) is 5. The highest BCUT2D eigenvalue weighted by Crippen LogP contribution is 2.20. The number of rotatable bonds is 2. The predicted octanol–water partition coefficient (Wildman–Crippen LogP) is -2.62. The second kappa shape index (κ2) is 3.04. The van der Waals surface area contributed by atoms with E-state index in [-0.39, 0.29) is 13.0 Å². The van der Waals surface area contributed by atoms with E-state index in [4.69, 9.17) is 15.3 Å². The van der Waals surface area contributed by atoms with Crippen LogP contribution in [0.25, 0.3) is 0 Å². The fraction of sp³-hybridized carbons (Fsp3) is 1.00. The fourth-order valence-corrected chi connectivity index (χ4v) is 1.27. The zero-order valence-electron chi connectivity index (χ0n) is 6.06. The lowest BCUT2D eigenvalue weighted by Crippen LogP contribution is -2.47. The lowest BCUT2D eigenvalue weighted by molar-refractivity contribution is -0.0361. The Hall–Kier alpha value is -0.200. The Balaban J connectivity index is 2.55. The molecule has 5 heteroatoms. The van der Waals surface area contributed by atoms with Crippen molar-refractivity contribution in [1.29, 1.82) is 0 Å². The highest BCUT2D eigenvalue weighted by atomic mass is 16.4. The summed E-state index contributed by atoms with van der Waals surface area (Å²) in [4.78, 5) is 0. The van der Waals surface area contributed by atoms with Gasteiger partial charge in [-0.15, -0.1) is 0 Å². The molecule has 0 radical (unpaired) electrons. The minimum absolute atomic E-state index is 0.0503. The quantitative estimate of drug-likeness (QED) is 0.307. The number of aliphatic hydroxyl groups excluding tert-OH is 3. The van der Waals surface area contributed by atoms with E-state index in [2.05, 4.69) is 5.32 Å². The maximum Gasteiger partial charge on any atom is 0.142 e. The molecule has 0 unspecified atom stereocenters. The van der Waals surface area contributed by atoms with Crippen LogP contribution in [0, 0.1) is 0 Å². The Kier molecular flexibility index (Phi) is 2.46. The van der Waals surface area contributed by atoms with Crippen LogP contribution in [0.15, 0.2) is 0 Å². The van der Waals surface area contributed by atoms with E-state index in [1.807, 2.05) is 0 Å². The van der Waals surface area contributed by atoms with Gasteiger partial charge < -0.3 is 20.4 Å². The van der Waals surface area contributed by atoms with Crippen molar-refractivity contribution in [2.24, 2.45) is 0 Å². The summed E-state index contributed by atoms with van der Waals surface area (Å²) < 4.78 is 0. The SMILES string of the molecule is OC[C@H]1N[C@@](O)(CO)C[C@@H]1O. The molecule has 11 heavy (non-hydrogen) atoms. The summed E-state index contributed by atoms with van der Waals surface area (Å²) in [5.74, 6) is 0. The van der Waals surface area contributed by atoms with Gasteiger partial charge in [0.05, 0.1) is 25.4 Å². The Morgan fingerprint density at radius 1 is 1.45 bits per heavy atom. The van der Waals surface area contributed by atoms with Gasteiger partial charge in [0, 0.05) is 6.42 Å². The average molecular weight is 163 g/mol. The van der Waals surface area contributed by atoms with Gasteiger partial charge in [0.15, 0.2) is 0 Å². The molecule has 1 heterocycles. The minimum Gasteiger partial charge on any atom is -0.395 e. The van der Waals surface area contributed by atoms with Gasteiger partial charge in [-0.3, -0.25) is 5.32 Å². The first-order valence-corrected chi connectivity index (χ1v) is 3.51. The van der Waals surface area contributed by atoms with Gasteiger partial charge in [0.1, 0.15) is 5.72 Å². The molecule has 5 nitrogen and oxygen atoms in total. The summed E-state index contributed by atoms with van der Waals surface area (Å²) in [6.45, 7) is -0.704. The second-order valence-electron chi connectivity index (χ2n) is 2.89. The van der Waals surface area contributed by atoms with Crippen molar-refractivity contribution in [2.75, 3.05) is 13.2 Å². The zero-order chi connectivity index (χ0) is 8.48. The standard InChI is InChI=1S/C6H13NO4/c8-2-4-5(10)1-6(11,3-9)7-4/h4-5,7-11H,1-3H2/t4-,5+,6+/m1/s1. The number of aliphatic hydroxyl groups is 4. The summed E-state index contributed by atoms with van der Waals surface area (Å²) in [6, 6.07) is -0.535. The van der Waals surface area contributed by atoms with E-state index >= 15 is 0 Å². The third-order valence-corrected chi connectivity index (χ3v) is 1.92. The van der Waals surface area contributed by atoms with Crippen molar-refractivity contribution in [2.45, 2.75) is 24.3 Å². The topological polar surface area (TPSA) is 93.0 Å². The van der Waals surface area contributed by atoms with Gasteiger partial charge >= 0.3 is 0 Å². The predicted molar refractivity (Wildman–Crippen MR) is 36.7 cm³/mol. The Morgan fingerprint density at radius 2 is 2.09 bits per heavy atom. The normalized spacial score (nSPS) is 44.7. The van der Waals surface area contributed by atoms with Crippen LogP contribution in [-0.2, 0) is 0 Å². The highest BCUT2D eigenvalue weighted by molar-refractivity contribution is 4.94. The molecular formula is C6H13NO4. The molecular weight excluding hydrogens is 150 g/mol. The summed E-state index contributed by atoms with van der Waals surface area (Å²) in [5.41, 5.74) is -1.42. The molecule has 1 saturated heterocycles. The van der Waals surface area contributed by atoms with Crippen LogP contribution in [0.3, 0.4) is 0 Å². The summed E-state index contributed by atoms with van der Waals surface area (Å²) in [6.07, 6.45) is -0.744. The molecule has 0 aliphatic carbocycles. The number of nitrogens with one attached hydrogen (secondary N) is 1. The van der Waals surface area contributed by atoms with Crippen LogP contribution in [-0.4, -0.2) is 51.5 Å². The second-order valence-corrected chi connectivity index (χ2v) is 2.89. The maximum absolute atomic E-state index is 9.34. The first-order chi connectivity index (χ1) is 5.11. The molecule has 5 N–H and O–H groups in total. The molecule has 0 amide bonds. The third-order valence-electron chi connectivity index (χ3n) is 1.92. The van der Waals surface area contributed by atoms with E-state index in [1.165, 1.54) is 0 Å². The summed E-state index contributed by atoms with van der Waals surface area (Å²) in [7, 11) is 0. The lowest BCUT2D eigenvalue weighted by Gasteiger charge is -2.20. The van der Waals surface area contributed by atoms with Crippen molar-refractivity contribution < 1.29 is 20.4 Å². The van der Waals surface area contributed by atoms with Crippen molar-refractivity contribution in [3.8, 4) is 0 Å². The van der Waals surface area contributed by atoms with E-state index in [1.54, 1.807) is 0 Å². The zero-order valence-corrected chi connectivity index (χ0v) is 6.06. The van der Waals surface area contributed by atoms with Gasteiger partial charge in [-0.05, 0) is 0 Å². The monoisotopic (exact) mass is 163 g/mol. The van der Waals surface area contributed by atoms with Crippen LogP contribution in [0.1, 0.15) is 6.42 Å². The van der Waals surface area contributed by atoms with Gasteiger partial charge in [0.25, 0.3) is 0 Å². The van der Waals surface area contributed by atoms with Crippen molar-refractivity contribution in [1.82, 2.24) is 5.32 Å². The maximum atomic E-state index is 9.34. The van der Waals surface area contributed by atoms with Crippen LogP contribution in [0.2, 0.25) is 0 Å². The molecule has 3 atom stereocenters. The first kappa shape index (κ1) is 8.89. The first-order valence-electron chi connectivity index (χ1n) is 3.51. The molecule has 1 fully saturated rings. The van der Waals surface area contributed by atoms with Crippen molar-refractivity contribution >= 4 is 0 Å². The highest BCUT2D eigenvalue weighted by Gasteiger charge is 2.41. The fourth-order valence-electron chi connectivity index (χ4n) is 1.27. The summed E-state index contributed by atoms with van der Waals surface area (Å²) in [5, 5.41) is 38.3. The average Bonchev–Trinajstić information content (AvgIpc) is 2.27. The van der Waals surface area contributed by atoms with Crippen molar-refractivity contribution in [3.05, 3.63) is 0 Å². The smallest absolute Gasteiger partial charge is 0.142 e. The van der Waals surface area contributed by atoms with Crippen molar-refractivity contribution in [3.63, 3.8) is 0 Å². The van der Waals surface area contributed by atoms with Gasteiger partial charge in [-0.1, -0.05) is 0 Å². The van der Waals surface area contributed by atoms with E-state index in [9.17, 15) is 5.11 Å². The summed E-state index contributed by atoms with van der Waals surface area (Å²) >= 11 is 0. The molecule has 0 saturated carbocycles. The van der Waals surface area contributed by atoms with Gasteiger partial charge in [-0.25, -0.2) is 0 Å².